The van der Waals surface area contributed by atoms with Gasteiger partial charge in [-0.15, -0.1) is 0 Å². The Labute approximate surface area is 93.1 Å². The van der Waals surface area contributed by atoms with Crippen molar-refractivity contribution in [2.45, 2.75) is 45.7 Å². The van der Waals surface area contributed by atoms with E-state index in [9.17, 15) is 0 Å². The van der Waals surface area contributed by atoms with Crippen LogP contribution in [0.5, 0.6) is 0 Å². The van der Waals surface area contributed by atoms with E-state index in [1.54, 1.807) is 0 Å². The summed E-state index contributed by atoms with van der Waals surface area (Å²) in [6, 6.07) is 10.4. The third-order valence-electron chi connectivity index (χ3n) is 3.42. The standard InChI is InChI=1S/C14H21N/c1-11(2)15-10-4-5-14(15)13-8-6-12(3)7-9-13/h6-9,11,14H,4-5,10H2,1-3H3/t14-/m1/s1. The molecular formula is C14H21N. The number of nitrogens with zero attached hydrogens (tertiary/aromatic N) is 1. The zero-order chi connectivity index (χ0) is 10.8. The number of aryl methyl sites for hydroxylation is 1. The molecule has 2 rings (SSSR count). The molecule has 1 atom stereocenters. The van der Waals surface area contributed by atoms with Gasteiger partial charge in [0, 0.05) is 12.1 Å². The van der Waals surface area contributed by atoms with E-state index in [1.165, 1.54) is 30.5 Å². The quantitative estimate of drug-likeness (QED) is 0.710. The second kappa shape index (κ2) is 4.36. The van der Waals surface area contributed by atoms with E-state index in [1.807, 2.05) is 0 Å². The normalized spacial score (nSPS) is 22.5. The molecule has 15 heavy (non-hydrogen) atoms. The van der Waals surface area contributed by atoms with Crippen LogP contribution in [0.25, 0.3) is 0 Å². The zero-order valence-corrected chi connectivity index (χ0v) is 10.0. The summed E-state index contributed by atoms with van der Waals surface area (Å²) in [4.78, 5) is 2.62. The lowest BCUT2D eigenvalue weighted by atomic mass is 10.0. The first-order valence-corrected chi connectivity index (χ1v) is 6.01. The first kappa shape index (κ1) is 10.7. The molecule has 1 aromatic rings. The lowest BCUT2D eigenvalue weighted by Gasteiger charge is -2.28. The number of hydrogen-bond acceptors (Lipinski definition) is 1. The molecule has 1 aliphatic heterocycles. The van der Waals surface area contributed by atoms with Gasteiger partial charge in [0.15, 0.2) is 0 Å². The van der Waals surface area contributed by atoms with Gasteiger partial charge >= 0.3 is 0 Å². The predicted octanol–water partition coefficient (Wildman–Crippen LogP) is 3.54. The summed E-state index contributed by atoms with van der Waals surface area (Å²) in [6.45, 7) is 8.01. The van der Waals surface area contributed by atoms with Gasteiger partial charge in [-0.2, -0.15) is 0 Å². The summed E-state index contributed by atoms with van der Waals surface area (Å²) in [5.41, 5.74) is 2.85. The summed E-state index contributed by atoms with van der Waals surface area (Å²) < 4.78 is 0. The molecule has 0 saturated carbocycles. The predicted molar refractivity (Wildman–Crippen MR) is 65.0 cm³/mol. The van der Waals surface area contributed by atoms with Gasteiger partial charge in [0.2, 0.25) is 0 Å². The van der Waals surface area contributed by atoms with Gasteiger partial charge in [-0.1, -0.05) is 29.8 Å². The minimum absolute atomic E-state index is 0.658. The molecule has 1 aromatic carbocycles. The average molecular weight is 203 g/mol. The molecule has 1 heteroatoms. The van der Waals surface area contributed by atoms with Gasteiger partial charge in [0.05, 0.1) is 0 Å². The van der Waals surface area contributed by atoms with E-state index in [-0.39, 0.29) is 0 Å². The maximum atomic E-state index is 2.62. The van der Waals surface area contributed by atoms with Crippen LogP contribution >= 0.6 is 0 Å². The summed E-state index contributed by atoms with van der Waals surface area (Å²) in [5.74, 6) is 0. The number of likely N-dealkylation sites (tertiary alicyclic amines) is 1. The van der Waals surface area contributed by atoms with E-state index in [4.69, 9.17) is 0 Å². The Balaban J connectivity index is 2.19. The van der Waals surface area contributed by atoms with Gasteiger partial charge in [0.1, 0.15) is 0 Å². The van der Waals surface area contributed by atoms with E-state index in [0.29, 0.717) is 12.1 Å². The maximum absolute atomic E-state index is 2.62. The molecular weight excluding hydrogens is 182 g/mol. The number of benzene rings is 1. The Hall–Kier alpha value is -0.820. The third kappa shape index (κ3) is 2.23. The minimum atomic E-state index is 0.658. The molecule has 1 nitrogen and oxygen atoms in total. The molecule has 1 saturated heterocycles. The molecule has 0 amide bonds. The highest BCUT2D eigenvalue weighted by atomic mass is 15.2. The summed E-state index contributed by atoms with van der Waals surface area (Å²) in [5, 5.41) is 0. The second-order valence-corrected chi connectivity index (χ2v) is 4.90. The van der Waals surface area contributed by atoms with Gasteiger partial charge in [0.25, 0.3) is 0 Å². The highest BCUT2D eigenvalue weighted by Gasteiger charge is 2.27. The van der Waals surface area contributed by atoms with Crippen molar-refractivity contribution < 1.29 is 0 Å². The molecule has 0 N–H and O–H groups in total. The first-order valence-electron chi connectivity index (χ1n) is 6.01. The monoisotopic (exact) mass is 203 g/mol. The smallest absolute Gasteiger partial charge is 0.0351 e. The van der Waals surface area contributed by atoms with Crippen LogP contribution in [0.4, 0.5) is 0 Å². The lowest BCUT2D eigenvalue weighted by molar-refractivity contribution is 0.205. The summed E-state index contributed by atoms with van der Waals surface area (Å²) in [6.07, 6.45) is 2.66. The van der Waals surface area contributed by atoms with Crippen LogP contribution < -0.4 is 0 Å². The van der Waals surface area contributed by atoms with Crippen molar-refractivity contribution >= 4 is 0 Å². The molecule has 1 heterocycles. The Morgan fingerprint density at radius 1 is 1.20 bits per heavy atom. The fraction of sp³-hybridized carbons (Fsp3) is 0.571. The van der Waals surface area contributed by atoms with Crippen LogP contribution in [0, 0.1) is 6.92 Å². The topological polar surface area (TPSA) is 3.24 Å². The van der Waals surface area contributed by atoms with E-state index >= 15 is 0 Å². The Bertz CT molecular complexity index is 313. The van der Waals surface area contributed by atoms with Crippen LogP contribution in [0.15, 0.2) is 24.3 Å². The van der Waals surface area contributed by atoms with Crippen molar-refractivity contribution in [3.8, 4) is 0 Å². The molecule has 0 bridgehead atoms. The Morgan fingerprint density at radius 2 is 1.87 bits per heavy atom. The highest BCUT2D eigenvalue weighted by Crippen LogP contribution is 2.33. The van der Waals surface area contributed by atoms with Crippen molar-refractivity contribution in [2.24, 2.45) is 0 Å². The fourth-order valence-electron chi connectivity index (χ4n) is 2.55. The van der Waals surface area contributed by atoms with Crippen molar-refractivity contribution in [3.63, 3.8) is 0 Å². The van der Waals surface area contributed by atoms with Gasteiger partial charge in [-0.3, -0.25) is 4.90 Å². The van der Waals surface area contributed by atoms with E-state index < -0.39 is 0 Å². The van der Waals surface area contributed by atoms with Crippen molar-refractivity contribution in [1.82, 2.24) is 4.90 Å². The largest absolute Gasteiger partial charge is 0.294 e. The second-order valence-electron chi connectivity index (χ2n) is 4.90. The Morgan fingerprint density at radius 3 is 2.47 bits per heavy atom. The van der Waals surface area contributed by atoms with Crippen LogP contribution in [-0.4, -0.2) is 17.5 Å². The van der Waals surface area contributed by atoms with Crippen molar-refractivity contribution in [3.05, 3.63) is 35.4 Å². The van der Waals surface area contributed by atoms with E-state index in [2.05, 4.69) is 49.9 Å². The molecule has 0 unspecified atom stereocenters. The molecule has 0 radical (unpaired) electrons. The van der Waals surface area contributed by atoms with Crippen molar-refractivity contribution in [2.75, 3.05) is 6.54 Å². The third-order valence-corrected chi connectivity index (χ3v) is 3.42. The average Bonchev–Trinajstić information content (AvgIpc) is 2.67. The molecule has 1 aliphatic rings. The molecule has 82 valence electrons. The number of hydrogen-bond donors (Lipinski definition) is 0. The van der Waals surface area contributed by atoms with Gasteiger partial charge in [-0.05, 0) is 45.7 Å². The van der Waals surface area contributed by atoms with Crippen LogP contribution in [0.1, 0.15) is 43.9 Å². The van der Waals surface area contributed by atoms with Crippen LogP contribution in [0.3, 0.4) is 0 Å². The summed E-state index contributed by atoms with van der Waals surface area (Å²) >= 11 is 0. The lowest BCUT2D eigenvalue weighted by Crippen LogP contribution is -2.30. The van der Waals surface area contributed by atoms with Crippen molar-refractivity contribution in [1.29, 1.82) is 0 Å². The first-order chi connectivity index (χ1) is 7.18. The van der Waals surface area contributed by atoms with Crippen LogP contribution in [0.2, 0.25) is 0 Å². The highest BCUT2D eigenvalue weighted by molar-refractivity contribution is 5.24. The maximum Gasteiger partial charge on any atom is 0.0351 e. The molecule has 0 aromatic heterocycles. The Kier molecular flexibility index (Phi) is 3.11. The zero-order valence-electron chi connectivity index (χ0n) is 10.0. The van der Waals surface area contributed by atoms with Gasteiger partial charge in [-0.25, -0.2) is 0 Å². The molecule has 0 aliphatic carbocycles. The van der Waals surface area contributed by atoms with E-state index in [0.717, 1.165) is 0 Å². The minimum Gasteiger partial charge on any atom is -0.294 e. The fourth-order valence-corrected chi connectivity index (χ4v) is 2.55. The summed E-state index contributed by atoms with van der Waals surface area (Å²) in [7, 11) is 0. The molecule has 1 fully saturated rings. The van der Waals surface area contributed by atoms with Gasteiger partial charge < -0.3 is 0 Å². The number of rotatable bonds is 2. The SMILES string of the molecule is Cc1ccc([C@H]2CCCN2C(C)C)cc1. The van der Waals surface area contributed by atoms with Crippen LogP contribution in [-0.2, 0) is 0 Å². The molecule has 0 spiro atoms.